The molecule has 0 spiro atoms. The maximum absolute atomic E-state index is 12.8. The SMILES string of the molecule is O=C(NC(=S)N1CCN(c2ccc([N+](=O)[O-])cc2Cl)CC1)c1ccc(N2CCCCC2)c([N+](=O)[O-])c1. The standard InChI is InChI=1S/C23H25ClN6O5S/c24-18-15-17(29(32)33)5-7-19(18)27-10-12-28(13-11-27)23(36)25-22(31)16-4-6-20(21(14-16)30(34)35)26-8-2-1-3-9-26/h4-7,14-15H,1-3,8-13H2,(H,25,31,36). The molecule has 0 atom stereocenters. The summed E-state index contributed by atoms with van der Waals surface area (Å²) in [5.74, 6) is -0.505. The van der Waals surface area contributed by atoms with E-state index in [-0.39, 0.29) is 22.1 Å². The highest BCUT2D eigenvalue weighted by Gasteiger charge is 2.25. The third kappa shape index (κ3) is 5.65. The molecule has 11 nitrogen and oxygen atoms in total. The molecular weight excluding hydrogens is 508 g/mol. The number of nitro groups is 2. The van der Waals surface area contributed by atoms with Crippen LogP contribution in [0.25, 0.3) is 0 Å². The van der Waals surface area contributed by atoms with Crippen molar-refractivity contribution in [2.75, 3.05) is 49.1 Å². The molecule has 2 saturated heterocycles. The van der Waals surface area contributed by atoms with Gasteiger partial charge in [-0.3, -0.25) is 30.3 Å². The van der Waals surface area contributed by atoms with E-state index in [4.69, 9.17) is 23.8 Å². The lowest BCUT2D eigenvalue weighted by Gasteiger charge is -2.37. The van der Waals surface area contributed by atoms with Gasteiger partial charge in [-0.15, -0.1) is 0 Å². The lowest BCUT2D eigenvalue weighted by Crippen LogP contribution is -2.52. The monoisotopic (exact) mass is 532 g/mol. The van der Waals surface area contributed by atoms with Gasteiger partial charge in [-0.1, -0.05) is 11.6 Å². The fourth-order valence-electron chi connectivity index (χ4n) is 4.48. The van der Waals surface area contributed by atoms with E-state index in [0.717, 1.165) is 32.4 Å². The summed E-state index contributed by atoms with van der Waals surface area (Å²) < 4.78 is 0. The first kappa shape index (κ1) is 25.6. The summed E-state index contributed by atoms with van der Waals surface area (Å²) in [7, 11) is 0. The van der Waals surface area contributed by atoms with E-state index >= 15 is 0 Å². The van der Waals surface area contributed by atoms with E-state index in [9.17, 15) is 25.0 Å². The van der Waals surface area contributed by atoms with Gasteiger partial charge < -0.3 is 14.7 Å². The fourth-order valence-corrected chi connectivity index (χ4v) is 5.05. The lowest BCUT2D eigenvalue weighted by molar-refractivity contribution is -0.384. The average molecular weight is 533 g/mol. The van der Waals surface area contributed by atoms with Crippen molar-refractivity contribution >= 4 is 57.6 Å². The van der Waals surface area contributed by atoms with E-state index in [0.29, 0.717) is 42.6 Å². The molecule has 190 valence electrons. The number of nitro benzene ring substituents is 2. The molecule has 2 heterocycles. The van der Waals surface area contributed by atoms with Crippen molar-refractivity contribution in [1.29, 1.82) is 0 Å². The molecule has 0 radical (unpaired) electrons. The number of nitrogens with one attached hydrogen (secondary N) is 1. The van der Waals surface area contributed by atoms with Crippen LogP contribution in [-0.4, -0.2) is 65.0 Å². The first-order chi connectivity index (χ1) is 17.2. The Morgan fingerprint density at radius 3 is 2.11 bits per heavy atom. The van der Waals surface area contributed by atoms with Crippen LogP contribution in [0.5, 0.6) is 0 Å². The number of carbonyl (C=O) groups excluding carboxylic acids is 1. The Bertz CT molecular complexity index is 1200. The average Bonchev–Trinajstić information content (AvgIpc) is 2.88. The highest BCUT2D eigenvalue weighted by molar-refractivity contribution is 7.80. The van der Waals surface area contributed by atoms with E-state index < -0.39 is 15.8 Å². The number of non-ortho nitro benzene ring substituents is 1. The summed E-state index contributed by atoms with van der Waals surface area (Å²) in [6.07, 6.45) is 3.08. The van der Waals surface area contributed by atoms with Crippen molar-refractivity contribution in [2.24, 2.45) is 0 Å². The second kappa shape index (κ2) is 11.0. The molecule has 1 N–H and O–H groups in total. The van der Waals surface area contributed by atoms with Crippen molar-refractivity contribution in [3.05, 3.63) is 67.2 Å². The maximum Gasteiger partial charge on any atom is 0.293 e. The molecule has 36 heavy (non-hydrogen) atoms. The quantitative estimate of drug-likeness (QED) is 0.345. The predicted octanol–water partition coefficient (Wildman–Crippen LogP) is 3.98. The van der Waals surface area contributed by atoms with Gasteiger partial charge >= 0.3 is 0 Å². The smallest absolute Gasteiger partial charge is 0.293 e. The zero-order chi connectivity index (χ0) is 25.8. The van der Waals surface area contributed by atoms with Gasteiger partial charge in [0.25, 0.3) is 17.3 Å². The number of piperazine rings is 1. The fraction of sp³-hybridized carbons (Fsp3) is 0.391. The minimum Gasteiger partial charge on any atom is -0.367 e. The normalized spacial score (nSPS) is 16.0. The highest BCUT2D eigenvalue weighted by Crippen LogP contribution is 2.32. The van der Waals surface area contributed by atoms with Crippen LogP contribution in [0.3, 0.4) is 0 Å². The molecule has 0 aromatic heterocycles. The molecule has 2 aliphatic rings. The Hall–Kier alpha value is -3.51. The number of halogens is 1. The Morgan fingerprint density at radius 1 is 0.861 bits per heavy atom. The molecule has 13 heteroatoms. The number of rotatable bonds is 5. The number of anilines is 2. The summed E-state index contributed by atoms with van der Waals surface area (Å²) >= 11 is 11.7. The number of hydrogen-bond donors (Lipinski definition) is 1. The third-order valence-electron chi connectivity index (χ3n) is 6.40. The number of hydrogen-bond acceptors (Lipinski definition) is 8. The van der Waals surface area contributed by atoms with Crippen molar-refractivity contribution < 1.29 is 14.6 Å². The molecule has 1 amide bonds. The number of thiocarbonyl (C=S) groups is 1. The molecule has 0 aliphatic carbocycles. The number of nitrogens with zero attached hydrogens (tertiary/aromatic N) is 5. The number of amides is 1. The Balaban J connectivity index is 1.37. The van der Waals surface area contributed by atoms with Crippen molar-refractivity contribution in [3.63, 3.8) is 0 Å². The Kier molecular flexibility index (Phi) is 7.85. The van der Waals surface area contributed by atoms with E-state index in [2.05, 4.69) is 5.32 Å². The summed E-state index contributed by atoms with van der Waals surface area (Å²) in [5, 5.41) is 25.8. The van der Waals surface area contributed by atoms with Crippen molar-refractivity contribution in [3.8, 4) is 0 Å². The summed E-state index contributed by atoms with van der Waals surface area (Å²) in [4.78, 5) is 40.3. The van der Waals surface area contributed by atoms with Crippen molar-refractivity contribution in [1.82, 2.24) is 10.2 Å². The van der Waals surface area contributed by atoms with Crippen LogP contribution in [0.2, 0.25) is 5.02 Å². The van der Waals surface area contributed by atoms with E-state index in [1.165, 1.54) is 18.2 Å². The maximum atomic E-state index is 12.8. The van der Waals surface area contributed by atoms with Crippen molar-refractivity contribution in [2.45, 2.75) is 19.3 Å². The summed E-state index contributed by atoms with van der Waals surface area (Å²) in [6.45, 7) is 3.61. The lowest BCUT2D eigenvalue weighted by atomic mass is 10.1. The van der Waals surface area contributed by atoms with Gasteiger partial charge in [-0.2, -0.15) is 0 Å². The highest BCUT2D eigenvalue weighted by atomic mass is 35.5. The Labute approximate surface area is 217 Å². The molecular formula is C23H25ClN6O5S. The molecule has 2 aromatic carbocycles. The summed E-state index contributed by atoms with van der Waals surface area (Å²) in [6, 6.07) is 8.88. The first-order valence-corrected chi connectivity index (χ1v) is 12.4. The third-order valence-corrected chi connectivity index (χ3v) is 7.06. The minimum atomic E-state index is -0.505. The molecule has 0 saturated carbocycles. The van der Waals surface area contributed by atoms with Gasteiger partial charge in [0, 0.05) is 63.0 Å². The van der Waals surface area contributed by atoms with Crippen LogP contribution in [0.4, 0.5) is 22.7 Å². The zero-order valence-electron chi connectivity index (χ0n) is 19.4. The van der Waals surface area contributed by atoms with Crippen LogP contribution >= 0.6 is 23.8 Å². The van der Waals surface area contributed by atoms with E-state index in [1.807, 2.05) is 14.7 Å². The van der Waals surface area contributed by atoms with Crippen LogP contribution in [0, 0.1) is 20.2 Å². The van der Waals surface area contributed by atoms with Gasteiger partial charge in [0.05, 0.1) is 20.6 Å². The topological polar surface area (TPSA) is 125 Å². The largest absolute Gasteiger partial charge is 0.367 e. The summed E-state index contributed by atoms with van der Waals surface area (Å²) in [5.41, 5.74) is 1.22. The predicted molar refractivity (Wildman–Crippen MR) is 141 cm³/mol. The molecule has 0 bridgehead atoms. The van der Waals surface area contributed by atoms with Gasteiger partial charge in [-0.25, -0.2) is 0 Å². The second-order valence-corrected chi connectivity index (χ2v) is 9.43. The van der Waals surface area contributed by atoms with Crippen LogP contribution < -0.4 is 15.1 Å². The Morgan fingerprint density at radius 2 is 1.50 bits per heavy atom. The van der Waals surface area contributed by atoms with Gasteiger partial charge in [-0.05, 0) is 49.7 Å². The van der Waals surface area contributed by atoms with Gasteiger partial charge in [0.2, 0.25) is 0 Å². The molecule has 2 aliphatic heterocycles. The molecule has 2 aromatic rings. The van der Waals surface area contributed by atoms with Crippen LogP contribution in [-0.2, 0) is 0 Å². The van der Waals surface area contributed by atoms with Crippen LogP contribution in [0.1, 0.15) is 29.6 Å². The van der Waals surface area contributed by atoms with E-state index in [1.54, 1.807) is 18.2 Å². The van der Waals surface area contributed by atoms with Gasteiger partial charge in [0.15, 0.2) is 5.11 Å². The molecule has 2 fully saturated rings. The minimum absolute atomic E-state index is 0.0736. The molecule has 4 rings (SSSR count). The number of piperidine rings is 1. The van der Waals surface area contributed by atoms with Crippen LogP contribution in [0.15, 0.2) is 36.4 Å². The molecule has 0 unspecified atom stereocenters. The van der Waals surface area contributed by atoms with Gasteiger partial charge in [0.1, 0.15) is 5.69 Å². The number of carbonyl (C=O) groups is 1. The zero-order valence-corrected chi connectivity index (χ0v) is 21.0. The first-order valence-electron chi connectivity index (χ1n) is 11.6. The number of benzene rings is 2. The second-order valence-electron chi connectivity index (χ2n) is 8.63.